The Morgan fingerprint density at radius 3 is 2.43 bits per heavy atom. The van der Waals surface area contributed by atoms with Gasteiger partial charge in [0.2, 0.25) is 17.1 Å². The van der Waals surface area contributed by atoms with Gasteiger partial charge in [-0.1, -0.05) is 12.1 Å². The van der Waals surface area contributed by atoms with Crippen molar-refractivity contribution in [2.75, 3.05) is 26.6 Å². The zero-order valence-electron chi connectivity index (χ0n) is 19.9. The van der Waals surface area contributed by atoms with E-state index < -0.39 is 6.04 Å². The van der Waals surface area contributed by atoms with Crippen LogP contribution < -0.4 is 30.3 Å². The van der Waals surface area contributed by atoms with Crippen molar-refractivity contribution in [3.63, 3.8) is 0 Å². The maximum absolute atomic E-state index is 13.2. The third kappa shape index (κ3) is 4.72. The Hall–Kier alpha value is -3.85. The molecule has 9 heteroatoms. The minimum atomic E-state index is -0.419. The first-order valence-corrected chi connectivity index (χ1v) is 11.9. The number of nitrogens with one attached hydrogen (secondary N) is 2. The summed E-state index contributed by atoms with van der Waals surface area (Å²) >= 11 is 1.29. The van der Waals surface area contributed by atoms with Crippen molar-refractivity contribution < 1.29 is 23.8 Å². The summed E-state index contributed by atoms with van der Waals surface area (Å²) in [6.07, 6.45) is 1.16. The SMILES string of the molecule is COc1cc2c(c(OC)c1OC)-c1ccc(NC(=O)c3cccs3)c(=O)cc1C(NC(C)=O)CC2. The summed E-state index contributed by atoms with van der Waals surface area (Å²) in [6.45, 7) is 1.44. The second-order valence-electron chi connectivity index (χ2n) is 8.03. The monoisotopic (exact) mass is 494 g/mol. The van der Waals surface area contributed by atoms with E-state index in [0.717, 1.165) is 11.1 Å². The number of methoxy groups -OCH3 is 3. The second-order valence-corrected chi connectivity index (χ2v) is 8.97. The van der Waals surface area contributed by atoms with Crippen molar-refractivity contribution in [2.24, 2.45) is 0 Å². The van der Waals surface area contributed by atoms with Crippen LogP contribution in [0, 0.1) is 0 Å². The Morgan fingerprint density at radius 1 is 1.03 bits per heavy atom. The Kier molecular flexibility index (Phi) is 7.07. The predicted molar refractivity (Wildman–Crippen MR) is 135 cm³/mol. The van der Waals surface area contributed by atoms with Gasteiger partial charge in [0, 0.05) is 12.5 Å². The maximum Gasteiger partial charge on any atom is 0.265 e. The zero-order chi connectivity index (χ0) is 25.1. The van der Waals surface area contributed by atoms with Gasteiger partial charge in [-0.3, -0.25) is 14.4 Å². The number of benzene rings is 1. The molecule has 0 aliphatic heterocycles. The van der Waals surface area contributed by atoms with E-state index in [2.05, 4.69) is 10.6 Å². The van der Waals surface area contributed by atoms with Crippen LogP contribution in [0.1, 0.15) is 40.2 Å². The lowest BCUT2D eigenvalue weighted by Gasteiger charge is -2.19. The Balaban J connectivity index is 1.96. The number of rotatable bonds is 6. The number of carbonyl (C=O) groups excluding carboxylic acids is 2. The topological polar surface area (TPSA) is 103 Å². The van der Waals surface area contributed by atoms with Crippen LogP contribution in [-0.2, 0) is 11.2 Å². The highest BCUT2D eigenvalue weighted by molar-refractivity contribution is 7.12. The summed E-state index contributed by atoms with van der Waals surface area (Å²) in [5.74, 6) is 0.851. The molecule has 1 atom stereocenters. The van der Waals surface area contributed by atoms with Crippen molar-refractivity contribution in [2.45, 2.75) is 25.8 Å². The molecule has 2 aromatic carbocycles. The highest BCUT2D eigenvalue weighted by atomic mass is 32.1. The second kappa shape index (κ2) is 10.2. The molecule has 0 saturated heterocycles. The highest BCUT2D eigenvalue weighted by Crippen LogP contribution is 2.50. The number of amides is 2. The molecule has 0 fully saturated rings. The van der Waals surface area contributed by atoms with Crippen LogP contribution in [-0.4, -0.2) is 33.1 Å². The summed E-state index contributed by atoms with van der Waals surface area (Å²) in [4.78, 5) is 38.4. The Bertz CT molecular complexity index is 1340. The van der Waals surface area contributed by atoms with Crippen LogP contribution >= 0.6 is 11.3 Å². The molecule has 0 saturated carbocycles. The number of thiophene rings is 1. The van der Waals surface area contributed by atoms with Crippen LogP contribution in [0.2, 0.25) is 0 Å². The molecule has 1 aromatic heterocycles. The van der Waals surface area contributed by atoms with E-state index >= 15 is 0 Å². The quantitative estimate of drug-likeness (QED) is 0.533. The summed E-state index contributed by atoms with van der Waals surface area (Å²) in [7, 11) is 4.63. The molecule has 3 aromatic rings. The molecule has 1 heterocycles. The molecule has 0 radical (unpaired) electrons. The fourth-order valence-electron chi connectivity index (χ4n) is 4.40. The minimum absolute atomic E-state index is 0.138. The van der Waals surface area contributed by atoms with Crippen molar-refractivity contribution in [1.82, 2.24) is 5.32 Å². The Morgan fingerprint density at radius 2 is 1.80 bits per heavy atom. The van der Waals surface area contributed by atoms with Gasteiger partial charge in [-0.25, -0.2) is 0 Å². The molecule has 1 unspecified atom stereocenters. The molecule has 35 heavy (non-hydrogen) atoms. The molecular weight excluding hydrogens is 468 g/mol. The number of anilines is 1. The molecule has 2 amide bonds. The van der Waals surface area contributed by atoms with Crippen LogP contribution in [0.4, 0.5) is 5.69 Å². The lowest BCUT2D eigenvalue weighted by atomic mass is 9.95. The average Bonchev–Trinajstić information content (AvgIpc) is 3.29. The van der Waals surface area contributed by atoms with Gasteiger partial charge in [0.25, 0.3) is 5.91 Å². The largest absolute Gasteiger partial charge is 0.493 e. The summed E-state index contributed by atoms with van der Waals surface area (Å²) in [5.41, 5.74) is 2.78. The first-order chi connectivity index (χ1) is 16.9. The molecular formula is C26H26N2O6S. The fourth-order valence-corrected chi connectivity index (χ4v) is 5.02. The molecule has 182 valence electrons. The smallest absolute Gasteiger partial charge is 0.265 e. The lowest BCUT2D eigenvalue weighted by molar-refractivity contribution is -0.119. The molecule has 4 rings (SSSR count). The van der Waals surface area contributed by atoms with Gasteiger partial charge in [0.1, 0.15) is 0 Å². The van der Waals surface area contributed by atoms with Crippen LogP contribution in [0.5, 0.6) is 17.2 Å². The number of aryl methyl sites for hydroxylation is 1. The van der Waals surface area contributed by atoms with Gasteiger partial charge >= 0.3 is 0 Å². The minimum Gasteiger partial charge on any atom is -0.493 e. The molecule has 2 N–H and O–H groups in total. The first kappa shape index (κ1) is 24.3. The molecule has 0 bridgehead atoms. The summed E-state index contributed by atoms with van der Waals surface area (Å²) < 4.78 is 16.9. The third-order valence-corrected chi connectivity index (χ3v) is 6.78. The third-order valence-electron chi connectivity index (χ3n) is 5.91. The van der Waals surface area contributed by atoms with Gasteiger partial charge in [-0.05, 0) is 59.2 Å². The van der Waals surface area contributed by atoms with Gasteiger partial charge in [-0.2, -0.15) is 0 Å². The van der Waals surface area contributed by atoms with Crippen LogP contribution in [0.15, 0.2) is 46.6 Å². The maximum atomic E-state index is 13.2. The van der Waals surface area contributed by atoms with E-state index in [0.29, 0.717) is 46.1 Å². The number of ether oxygens (including phenoxy) is 3. The lowest BCUT2D eigenvalue weighted by Crippen LogP contribution is -2.26. The fraction of sp³-hybridized carbons (Fsp3) is 0.269. The first-order valence-electron chi connectivity index (χ1n) is 11.0. The number of fused-ring (bicyclic) bond motifs is 3. The van der Waals surface area contributed by atoms with Gasteiger partial charge < -0.3 is 24.8 Å². The van der Waals surface area contributed by atoms with E-state index in [1.807, 2.05) is 6.07 Å². The molecule has 0 spiro atoms. The van der Waals surface area contributed by atoms with E-state index in [1.54, 1.807) is 43.9 Å². The normalized spacial score (nSPS) is 14.1. The zero-order valence-corrected chi connectivity index (χ0v) is 20.7. The predicted octanol–water partition coefficient (Wildman–Crippen LogP) is 4.18. The van der Waals surface area contributed by atoms with Crippen molar-refractivity contribution >= 4 is 28.8 Å². The molecule has 1 aliphatic carbocycles. The van der Waals surface area contributed by atoms with Crippen molar-refractivity contribution in [1.29, 1.82) is 0 Å². The van der Waals surface area contributed by atoms with Crippen molar-refractivity contribution in [3.8, 4) is 28.4 Å². The van der Waals surface area contributed by atoms with E-state index in [4.69, 9.17) is 14.2 Å². The van der Waals surface area contributed by atoms with Gasteiger partial charge in [-0.15, -0.1) is 11.3 Å². The number of hydrogen-bond acceptors (Lipinski definition) is 7. The number of hydrogen-bond donors (Lipinski definition) is 2. The van der Waals surface area contributed by atoms with Crippen LogP contribution in [0.25, 0.3) is 11.1 Å². The van der Waals surface area contributed by atoms with E-state index in [9.17, 15) is 14.4 Å². The summed E-state index contributed by atoms with van der Waals surface area (Å²) in [6, 6.07) is 9.77. The summed E-state index contributed by atoms with van der Waals surface area (Å²) in [5, 5.41) is 7.48. The van der Waals surface area contributed by atoms with E-state index in [-0.39, 0.29) is 22.9 Å². The molecule has 1 aliphatic rings. The van der Waals surface area contributed by atoms with Gasteiger partial charge in [0.15, 0.2) is 11.5 Å². The standard InChI is InChI=1S/C26H26N2O6S/c1-14(29)27-18-9-7-15-12-21(32-2)24(33-3)25(34-4)23(15)16-8-10-19(20(30)13-17(16)18)28-26(31)22-6-5-11-35-22/h5-6,8,10-13,18H,7,9H2,1-4H3,(H,27,29)(H,28,30,31). The van der Waals surface area contributed by atoms with Crippen molar-refractivity contribution in [3.05, 3.63) is 68.0 Å². The van der Waals surface area contributed by atoms with E-state index in [1.165, 1.54) is 31.4 Å². The number of carbonyl (C=O) groups is 2. The average molecular weight is 495 g/mol. The molecule has 8 nitrogen and oxygen atoms in total. The highest BCUT2D eigenvalue weighted by Gasteiger charge is 2.29. The van der Waals surface area contributed by atoms with Crippen LogP contribution in [0.3, 0.4) is 0 Å². The Labute approximate surface area is 206 Å². The van der Waals surface area contributed by atoms with Gasteiger partial charge in [0.05, 0.1) is 37.9 Å².